The number of nitrogens with two attached hydrogens (primary N) is 1. The lowest BCUT2D eigenvalue weighted by Gasteiger charge is -2.14. The van der Waals surface area contributed by atoms with Crippen LogP contribution in [0.4, 0.5) is 8.78 Å². The Kier molecular flexibility index (Phi) is 5.56. The van der Waals surface area contributed by atoms with Crippen molar-refractivity contribution in [2.75, 3.05) is 6.61 Å². The summed E-state index contributed by atoms with van der Waals surface area (Å²) in [6.07, 6.45) is -2.56. The lowest BCUT2D eigenvalue weighted by Crippen LogP contribution is -2.45. The molecular weight excluding hydrogens is 194 g/mol. The summed E-state index contributed by atoms with van der Waals surface area (Å²) in [4.78, 5) is 10.5. The van der Waals surface area contributed by atoms with Crippen molar-refractivity contribution in [3.63, 3.8) is 0 Å². The molecule has 0 saturated carbocycles. The van der Waals surface area contributed by atoms with E-state index in [0.717, 1.165) is 6.42 Å². The van der Waals surface area contributed by atoms with E-state index in [1.54, 1.807) is 0 Å². The fourth-order valence-electron chi connectivity index (χ4n) is 0.841. The van der Waals surface area contributed by atoms with Gasteiger partial charge in [0.2, 0.25) is 0 Å². The van der Waals surface area contributed by atoms with Crippen LogP contribution < -0.4 is 11.3 Å². The molecule has 0 rings (SSSR count). The monoisotopic (exact) mass is 210 g/mol. The number of nitrogens with one attached hydrogen (secondary N) is 1. The van der Waals surface area contributed by atoms with Crippen molar-refractivity contribution in [3.8, 4) is 0 Å². The van der Waals surface area contributed by atoms with Gasteiger partial charge in [-0.15, -0.1) is 0 Å². The van der Waals surface area contributed by atoms with Crippen molar-refractivity contribution in [1.82, 2.24) is 5.43 Å². The molecule has 0 radical (unpaired) electrons. The van der Waals surface area contributed by atoms with Crippen LogP contribution in [-0.2, 0) is 9.53 Å². The van der Waals surface area contributed by atoms with E-state index in [1.165, 1.54) is 5.43 Å². The van der Waals surface area contributed by atoms with E-state index in [0.29, 0.717) is 12.3 Å². The van der Waals surface area contributed by atoms with E-state index in [2.05, 4.69) is 10.6 Å². The zero-order valence-electron chi connectivity index (χ0n) is 8.35. The number of hydrogen-bond donors (Lipinski definition) is 2. The van der Waals surface area contributed by atoms with Crippen molar-refractivity contribution < 1.29 is 18.3 Å². The molecule has 3 N–H and O–H groups in total. The van der Waals surface area contributed by atoms with Crippen LogP contribution in [0.3, 0.4) is 0 Å². The Balaban J connectivity index is 3.71. The number of carbonyl (C=O) groups excluding carboxylic acids is 1. The summed E-state index contributed by atoms with van der Waals surface area (Å²) in [6.45, 7) is 3.80. The quantitative estimate of drug-likeness (QED) is 0.298. The molecule has 0 aromatic carbocycles. The van der Waals surface area contributed by atoms with Crippen LogP contribution in [0.1, 0.15) is 26.7 Å². The van der Waals surface area contributed by atoms with Gasteiger partial charge in [0.15, 0.2) is 0 Å². The topological polar surface area (TPSA) is 64.3 Å². The third kappa shape index (κ3) is 5.08. The minimum Gasteiger partial charge on any atom is -0.313 e. The summed E-state index contributed by atoms with van der Waals surface area (Å²) in [7, 11) is 0. The molecule has 84 valence electrons. The average molecular weight is 210 g/mol. The van der Waals surface area contributed by atoms with Gasteiger partial charge in [0.1, 0.15) is 0 Å². The SMILES string of the molecule is CC(C)CCCOC(F)(F)C(=O)NN. The van der Waals surface area contributed by atoms with Crippen molar-refractivity contribution in [3.05, 3.63) is 0 Å². The van der Waals surface area contributed by atoms with Crippen LogP contribution in [0.25, 0.3) is 0 Å². The molecular formula is C8H16F2N2O2. The van der Waals surface area contributed by atoms with Gasteiger partial charge in [-0.05, 0) is 18.8 Å². The maximum absolute atomic E-state index is 12.6. The second kappa shape index (κ2) is 5.87. The lowest BCUT2D eigenvalue weighted by atomic mass is 10.1. The summed E-state index contributed by atoms with van der Waals surface area (Å²) in [5.74, 6) is 3.35. The van der Waals surface area contributed by atoms with Crippen LogP contribution in [-0.4, -0.2) is 18.6 Å². The second-order valence-electron chi connectivity index (χ2n) is 3.37. The number of halogens is 2. The standard InChI is InChI=1S/C8H16F2N2O2/c1-6(2)4-3-5-14-8(9,10)7(13)12-11/h6H,3-5,11H2,1-2H3,(H,12,13). The van der Waals surface area contributed by atoms with Gasteiger partial charge in [-0.3, -0.25) is 10.2 Å². The van der Waals surface area contributed by atoms with Crippen LogP contribution in [0.2, 0.25) is 0 Å². The predicted octanol–water partition coefficient (Wildman–Crippen LogP) is 1.02. The summed E-state index contributed by atoms with van der Waals surface area (Å²) < 4.78 is 29.4. The maximum Gasteiger partial charge on any atom is 0.437 e. The first-order valence-corrected chi connectivity index (χ1v) is 4.43. The van der Waals surface area contributed by atoms with E-state index < -0.39 is 12.0 Å². The molecule has 14 heavy (non-hydrogen) atoms. The predicted molar refractivity (Wildman–Crippen MR) is 47.3 cm³/mol. The minimum atomic E-state index is -3.83. The Hall–Kier alpha value is -0.750. The molecule has 0 bridgehead atoms. The normalized spacial score (nSPS) is 11.9. The van der Waals surface area contributed by atoms with Crippen LogP contribution in [0.15, 0.2) is 0 Å². The first-order chi connectivity index (χ1) is 6.40. The van der Waals surface area contributed by atoms with Gasteiger partial charge in [-0.25, -0.2) is 5.84 Å². The number of rotatable bonds is 6. The van der Waals surface area contributed by atoms with Crippen LogP contribution >= 0.6 is 0 Å². The van der Waals surface area contributed by atoms with Crippen LogP contribution in [0.5, 0.6) is 0 Å². The Bertz CT molecular complexity index is 186. The maximum atomic E-state index is 12.6. The minimum absolute atomic E-state index is 0.154. The third-order valence-corrected chi connectivity index (χ3v) is 1.60. The number of amides is 1. The summed E-state index contributed by atoms with van der Waals surface area (Å²) in [6, 6.07) is 0. The largest absolute Gasteiger partial charge is 0.437 e. The molecule has 0 aliphatic carbocycles. The van der Waals surface area contributed by atoms with E-state index >= 15 is 0 Å². The Morgan fingerprint density at radius 1 is 1.57 bits per heavy atom. The van der Waals surface area contributed by atoms with E-state index in [4.69, 9.17) is 0 Å². The summed E-state index contributed by atoms with van der Waals surface area (Å²) >= 11 is 0. The molecule has 1 amide bonds. The highest BCUT2D eigenvalue weighted by Gasteiger charge is 2.39. The highest BCUT2D eigenvalue weighted by atomic mass is 19.3. The van der Waals surface area contributed by atoms with Gasteiger partial charge in [0, 0.05) is 0 Å². The highest BCUT2D eigenvalue weighted by Crippen LogP contribution is 2.16. The van der Waals surface area contributed by atoms with E-state index in [9.17, 15) is 13.6 Å². The van der Waals surface area contributed by atoms with Gasteiger partial charge in [0.05, 0.1) is 6.61 Å². The number of carbonyl (C=O) groups is 1. The average Bonchev–Trinajstić information content (AvgIpc) is 2.10. The van der Waals surface area contributed by atoms with Crippen LogP contribution in [0, 0.1) is 5.92 Å². The zero-order valence-corrected chi connectivity index (χ0v) is 8.35. The van der Waals surface area contributed by atoms with E-state index in [1.807, 2.05) is 13.8 Å². The Morgan fingerprint density at radius 2 is 2.14 bits per heavy atom. The van der Waals surface area contributed by atoms with Gasteiger partial charge in [0.25, 0.3) is 0 Å². The molecule has 0 aromatic rings. The highest BCUT2D eigenvalue weighted by molar-refractivity contribution is 5.81. The lowest BCUT2D eigenvalue weighted by molar-refractivity contribution is -0.231. The fraction of sp³-hybridized carbons (Fsp3) is 0.875. The Labute approximate surface area is 81.8 Å². The molecule has 4 nitrogen and oxygen atoms in total. The molecule has 0 aliphatic rings. The van der Waals surface area contributed by atoms with Gasteiger partial charge < -0.3 is 4.74 Å². The number of hydrazine groups is 1. The van der Waals surface area contributed by atoms with Crippen molar-refractivity contribution in [1.29, 1.82) is 0 Å². The second-order valence-corrected chi connectivity index (χ2v) is 3.37. The number of alkyl halides is 2. The van der Waals surface area contributed by atoms with E-state index in [-0.39, 0.29) is 6.61 Å². The zero-order chi connectivity index (χ0) is 11.2. The Morgan fingerprint density at radius 3 is 2.57 bits per heavy atom. The number of ether oxygens (including phenoxy) is 1. The molecule has 0 aromatic heterocycles. The molecule has 6 heteroatoms. The molecule has 0 unspecified atom stereocenters. The van der Waals surface area contributed by atoms with Gasteiger partial charge in [-0.2, -0.15) is 8.78 Å². The smallest absolute Gasteiger partial charge is 0.313 e. The molecule has 0 heterocycles. The molecule has 0 aliphatic heterocycles. The first-order valence-electron chi connectivity index (χ1n) is 4.43. The molecule has 0 spiro atoms. The third-order valence-electron chi connectivity index (χ3n) is 1.60. The fourth-order valence-corrected chi connectivity index (χ4v) is 0.841. The van der Waals surface area contributed by atoms with Gasteiger partial charge in [-0.1, -0.05) is 13.8 Å². The summed E-state index contributed by atoms with van der Waals surface area (Å²) in [5, 5.41) is 0. The van der Waals surface area contributed by atoms with Crippen molar-refractivity contribution in [2.24, 2.45) is 11.8 Å². The molecule has 0 atom stereocenters. The number of hydrogen-bond acceptors (Lipinski definition) is 3. The van der Waals surface area contributed by atoms with Gasteiger partial charge >= 0.3 is 12.0 Å². The van der Waals surface area contributed by atoms with Crippen molar-refractivity contribution in [2.45, 2.75) is 32.8 Å². The van der Waals surface area contributed by atoms with Crippen molar-refractivity contribution >= 4 is 5.91 Å². The molecule has 0 fully saturated rings. The first kappa shape index (κ1) is 13.2. The summed E-state index contributed by atoms with van der Waals surface area (Å²) in [5.41, 5.74) is 1.34. The molecule has 0 saturated heterocycles.